The van der Waals surface area contributed by atoms with E-state index in [0.29, 0.717) is 17.2 Å². The van der Waals surface area contributed by atoms with Gasteiger partial charge in [-0.1, -0.05) is 6.07 Å². The molecule has 6 N–H and O–H groups in total. The molecule has 3 rings (SSSR count). The number of pyridine rings is 3. The van der Waals surface area contributed by atoms with Crippen LogP contribution in [0.4, 0.5) is 17.2 Å². The molecule has 3 heterocycles. The number of aromatic nitrogens is 3. The van der Waals surface area contributed by atoms with Crippen LogP contribution in [-0.2, 0) is 4.79 Å². The van der Waals surface area contributed by atoms with E-state index in [1.54, 1.807) is 24.5 Å². The third-order valence-corrected chi connectivity index (χ3v) is 4.15. The van der Waals surface area contributed by atoms with Crippen molar-refractivity contribution in [1.82, 2.24) is 15.0 Å². The number of carbonyl (C=O) groups is 2. The molecule has 29 heavy (non-hydrogen) atoms. The smallest absolute Gasteiger partial charge is 0.269 e. The fraction of sp³-hybridized carbons (Fsp3) is 0.150. The van der Waals surface area contributed by atoms with E-state index in [-0.39, 0.29) is 24.7 Å². The number of nitrogens with one attached hydrogen (secondary N) is 2. The zero-order chi connectivity index (χ0) is 20.6. The van der Waals surface area contributed by atoms with Crippen LogP contribution in [0.5, 0.6) is 0 Å². The molecule has 0 unspecified atom stereocenters. The van der Waals surface area contributed by atoms with Crippen LogP contribution in [0.3, 0.4) is 0 Å². The Bertz CT molecular complexity index is 995. The Morgan fingerprint density at radius 2 is 2.00 bits per heavy atom. The van der Waals surface area contributed by atoms with Gasteiger partial charge in [0.25, 0.3) is 5.91 Å². The molecule has 0 aromatic carbocycles. The fourth-order valence-corrected chi connectivity index (χ4v) is 2.73. The van der Waals surface area contributed by atoms with Crippen LogP contribution in [0.15, 0.2) is 55.0 Å². The third-order valence-electron chi connectivity index (χ3n) is 4.15. The average molecular weight is 391 g/mol. The third kappa shape index (κ3) is 5.11. The second kappa shape index (κ2) is 9.38. The summed E-state index contributed by atoms with van der Waals surface area (Å²) < 4.78 is 0. The highest BCUT2D eigenvalue weighted by molar-refractivity contribution is 5.97. The molecule has 0 saturated carbocycles. The maximum Gasteiger partial charge on any atom is 0.269 e. The molecule has 3 aromatic rings. The Labute approximate surface area is 167 Å². The van der Waals surface area contributed by atoms with Gasteiger partial charge in [-0.25, -0.2) is 9.97 Å². The highest BCUT2D eigenvalue weighted by Gasteiger charge is 2.14. The predicted molar refractivity (Wildman–Crippen MR) is 111 cm³/mol. The molecular weight excluding hydrogens is 370 g/mol. The van der Waals surface area contributed by atoms with Crippen molar-refractivity contribution in [3.63, 3.8) is 0 Å². The average Bonchev–Trinajstić information content (AvgIpc) is 2.74. The molecule has 1 atom stereocenters. The number of hydrogen-bond donors (Lipinski definition) is 4. The van der Waals surface area contributed by atoms with Gasteiger partial charge in [-0.15, -0.1) is 0 Å². The van der Waals surface area contributed by atoms with Crippen LogP contribution in [0, 0.1) is 0 Å². The standard InChI is InChI=1S/C20H21N7O2/c21-11-14(6-9-28)25-15-10-17(19(20(22)29)24-12-15)27-18-3-1-2-16(26-18)13-4-7-23-8-5-13/h1-5,7-10,12,14,25H,6,11,21H2,(H2,22,29)(H,26,27)/t14-/m1/s1. The molecule has 0 spiro atoms. The molecule has 148 valence electrons. The summed E-state index contributed by atoms with van der Waals surface area (Å²) >= 11 is 0. The van der Waals surface area contributed by atoms with Gasteiger partial charge in [-0.05, 0) is 30.3 Å². The zero-order valence-electron chi connectivity index (χ0n) is 15.6. The topological polar surface area (TPSA) is 149 Å². The van der Waals surface area contributed by atoms with Crippen LogP contribution in [-0.4, -0.2) is 39.7 Å². The first-order valence-electron chi connectivity index (χ1n) is 8.95. The lowest BCUT2D eigenvalue weighted by atomic mass is 10.2. The molecule has 1 amide bonds. The first-order valence-corrected chi connectivity index (χ1v) is 8.95. The Morgan fingerprint density at radius 1 is 1.21 bits per heavy atom. The molecule has 0 radical (unpaired) electrons. The lowest BCUT2D eigenvalue weighted by Crippen LogP contribution is -2.29. The van der Waals surface area contributed by atoms with Crippen LogP contribution < -0.4 is 22.1 Å². The van der Waals surface area contributed by atoms with Crippen molar-refractivity contribution in [3.05, 3.63) is 60.7 Å². The minimum Gasteiger partial charge on any atom is -0.379 e. The largest absolute Gasteiger partial charge is 0.379 e. The van der Waals surface area contributed by atoms with Gasteiger partial charge in [0.15, 0.2) is 5.69 Å². The van der Waals surface area contributed by atoms with Gasteiger partial charge in [0.2, 0.25) is 0 Å². The molecule has 0 bridgehead atoms. The molecule has 3 aromatic heterocycles. The number of rotatable bonds is 9. The van der Waals surface area contributed by atoms with E-state index in [1.165, 1.54) is 6.20 Å². The van der Waals surface area contributed by atoms with Gasteiger partial charge >= 0.3 is 0 Å². The Hall–Kier alpha value is -3.85. The number of hydrogen-bond acceptors (Lipinski definition) is 8. The number of primary amides is 1. The molecule has 9 nitrogen and oxygen atoms in total. The number of nitrogens with two attached hydrogens (primary N) is 2. The molecular formula is C20H21N7O2. The van der Waals surface area contributed by atoms with Crippen molar-refractivity contribution in [2.45, 2.75) is 12.5 Å². The summed E-state index contributed by atoms with van der Waals surface area (Å²) in [6.45, 7) is 0.272. The van der Waals surface area contributed by atoms with Crippen molar-refractivity contribution in [3.8, 4) is 11.3 Å². The van der Waals surface area contributed by atoms with E-state index in [9.17, 15) is 9.59 Å². The second-order valence-electron chi connectivity index (χ2n) is 6.23. The van der Waals surface area contributed by atoms with E-state index in [2.05, 4.69) is 25.6 Å². The lowest BCUT2D eigenvalue weighted by Gasteiger charge is -2.17. The number of amides is 1. The van der Waals surface area contributed by atoms with Crippen molar-refractivity contribution in [2.75, 3.05) is 17.2 Å². The van der Waals surface area contributed by atoms with Crippen molar-refractivity contribution in [1.29, 1.82) is 0 Å². The SMILES string of the molecule is NC[C@@H](CC=O)Nc1cnc(C(N)=O)c(Nc2cccc(-c3ccncc3)n2)c1. The summed E-state index contributed by atoms with van der Waals surface area (Å²) in [6.07, 6.45) is 5.90. The number of nitrogens with zero attached hydrogens (tertiary/aromatic N) is 3. The Morgan fingerprint density at radius 3 is 2.69 bits per heavy atom. The van der Waals surface area contributed by atoms with Gasteiger partial charge < -0.3 is 26.9 Å². The summed E-state index contributed by atoms with van der Waals surface area (Å²) in [7, 11) is 0. The number of carbonyl (C=O) groups excluding carboxylic acids is 2. The van der Waals surface area contributed by atoms with E-state index in [0.717, 1.165) is 17.5 Å². The monoisotopic (exact) mass is 391 g/mol. The Balaban J connectivity index is 1.90. The first kappa shape index (κ1) is 19.9. The van der Waals surface area contributed by atoms with Crippen molar-refractivity contribution in [2.24, 2.45) is 11.5 Å². The van der Waals surface area contributed by atoms with Crippen LogP contribution in [0.2, 0.25) is 0 Å². The molecule has 0 fully saturated rings. The molecule has 0 aliphatic rings. The zero-order valence-corrected chi connectivity index (χ0v) is 15.6. The first-order chi connectivity index (χ1) is 14.1. The number of aldehydes is 1. The van der Waals surface area contributed by atoms with Crippen molar-refractivity contribution >= 4 is 29.4 Å². The fourth-order valence-electron chi connectivity index (χ4n) is 2.73. The summed E-state index contributed by atoms with van der Waals surface area (Å²) in [4.78, 5) is 35.3. The van der Waals surface area contributed by atoms with E-state index in [1.807, 2.05) is 24.3 Å². The molecule has 9 heteroatoms. The maximum atomic E-state index is 11.8. The predicted octanol–water partition coefficient (Wildman–Crippen LogP) is 1.71. The van der Waals surface area contributed by atoms with Crippen LogP contribution in [0.25, 0.3) is 11.3 Å². The van der Waals surface area contributed by atoms with E-state index >= 15 is 0 Å². The summed E-state index contributed by atoms with van der Waals surface area (Å²) in [6, 6.07) is 10.6. The minimum absolute atomic E-state index is 0.0753. The quantitative estimate of drug-likeness (QED) is 0.403. The van der Waals surface area contributed by atoms with Gasteiger partial charge in [0.05, 0.1) is 23.3 Å². The summed E-state index contributed by atoms with van der Waals surface area (Å²) in [5.41, 5.74) is 13.9. The lowest BCUT2D eigenvalue weighted by molar-refractivity contribution is -0.108. The van der Waals surface area contributed by atoms with E-state index < -0.39 is 5.91 Å². The minimum atomic E-state index is -0.674. The van der Waals surface area contributed by atoms with Gasteiger partial charge in [0, 0.05) is 37.0 Å². The van der Waals surface area contributed by atoms with Gasteiger partial charge in [-0.2, -0.15) is 0 Å². The van der Waals surface area contributed by atoms with Crippen LogP contribution >= 0.6 is 0 Å². The highest BCUT2D eigenvalue weighted by atomic mass is 16.1. The van der Waals surface area contributed by atoms with Gasteiger partial charge in [-0.3, -0.25) is 9.78 Å². The molecule has 0 saturated heterocycles. The second-order valence-corrected chi connectivity index (χ2v) is 6.23. The number of anilines is 3. The normalized spacial score (nSPS) is 11.5. The summed E-state index contributed by atoms with van der Waals surface area (Å²) in [5, 5.41) is 6.22. The van der Waals surface area contributed by atoms with Crippen molar-refractivity contribution < 1.29 is 9.59 Å². The summed E-state index contributed by atoms with van der Waals surface area (Å²) in [5.74, 6) is -0.156. The Kier molecular flexibility index (Phi) is 6.43. The molecule has 0 aliphatic carbocycles. The molecule has 0 aliphatic heterocycles. The van der Waals surface area contributed by atoms with Gasteiger partial charge in [0.1, 0.15) is 12.1 Å². The van der Waals surface area contributed by atoms with Crippen LogP contribution in [0.1, 0.15) is 16.9 Å². The maximum absolute atomic E-state index is 11.8. The highest BCUT2D eigenvalue weighted by Crippen LogP contribution is 2.24. The van der Waals surface area contributed by atoms with E-state index in [4.69, 9.17) is 11.5 Å².